The van der Waals surface area contributed by atoms with E-state index in [1.165, 1.54) is 26.5 Å². The molecule has 0 spiro atoms. The maximum absolute atomic E-state index is 12.9. The third-order valence-corrected chi connectivity index (χ3v) is 9.88. The molecule has 2 unspecified atom stereocenters. The second-order valence-corrected chi connectivity index (χ2v) is 12.5. The number of quaternary nitrogens is 1. The molecule has 3 amide bonds. The van der Waals surface area contributed by atoms with Crippen LogP contribution in [0, 0.1) is 11.8 Å². The Balaban J connectivity index is 1.17. The Kier molecular flexibility index (Phi) is 9.57. The molecule has 40 heavy (non-hydrogen) atoms. The minimum atomic E-state index is -0.350. The van der Waals surface area contributed by atoms with Gasteiger partial charge < -0.3 is 15.0 Å². The summed E-state index contributed by atoms with van der Waals surface area (Å²) in [6.07, 6.45) is 8.26. The van der Waals surface area contributed by atoms with Crippen LogP contribution in [-0.4, -0.2) is 84.2 Å². The van der Waals surface area contributed by atoms with Crippen molar-refractivity contribution in [2.24, 2.45) is 11.8 Å². The van der Waals surface area contributed by atoms with Crippen molar-refractivity contribution in [3.05, 3.63) is 24.3 Å². The summed E-state index contributed by atoms with van der Waals surface area (Å²) in [5.74, 6) is 0.967. The zero-order valence-corrected chi connectivity index (χ0v) is 24.6. The molecule has 2 aromatic rings. The molecule has 1 N–H and O–H groups in total. The van der Waals surface area contributed by atoms with Crippen LogP contribution in [0.2, 0.25) is 0 Å². The fourth-order valence-electron chi connectivity index (χ4n) is 6.60. The first-order chi connectivity index (χ1) is 19.5. The minimum Gasteiger partial charge on any atom is -0.399 e. The van der Waals surface area contributed by atoms with Crippen molar-refractivity contribution < 1.29 is 23.6 Å². The number of carbonyl (C=O) groups excluding carboxylic acids is 3. The van der Waals surface area contributed by atoms with Crippen LogP contribution >= 0.6 is 11.5 Å². The average molecular weight is 571 g/mol. The van der Waals surface area contributed by atoms with Crippen molar-refractivity contribution >= 4 is 45.3 Å². The number of hydrogen-bond acceptors (Lipinski definition) is 7. The number of nitrogens with zero attached hydrogens (tertiary/aromatic N) is 4. The van der Waals surface area contributed by atoms with E-state index in [1.807, 2.05) is 6.07 Å². The number of ether oxygens (including phenoxy) is 1. The molecule has 3 heterocycles. The van der Waals surface area contributed by atoms with Gasteiger partial charge in [0.05, 0.1) is 49.3 Å². The van der Waals surface area contributed by atoms with Crippen LogP contribution in [0.4, 0.5) is 10.6 Å². The standard InChI is InChI=1S/C30H43N5O4S/c1-2-3-8-15-31-30(38)39-22-35(19-10-9-16-34-28(36)23-11-4-5-12-24(23)29(34)37)20-17-33(18-21-35)27-25-13-6-7-14-26(25)40-32-27/h6-7,13-14,23-24H,2-5,8-12,15-22H2,1H3/p+1. The fourth-order valence-corrected chi connectivity index (χ4v) is 7.40. The number of unbranched alkanes of at least 4 members (excludes halogenated alkanes) is 3. The molecule has 3 fully saturated rings. The Hall–Kier alpha value is -2.72. The van der Waals surface area contributed by atoms with Gasteiger partial charge in [0.1, 0.15) is 0 Å². The van der Waals surface area contributed by atoms with Crippen molar-refractivity contribution in [3.63, 3.8) is 0 Å². The van der Waals surface area contributed by atoms with Crippen LogP contribution in [0.5, 0.6) is 0 Å². The molecule has 3 aliphatic rings. The van der Waals surface area contributed by atoms with Crippen molar-refractivity contribution in [3.8, 4) is 0 Å². The average Bonchev–Trinajstić information content (AvgIpc) is 3.52. The quantitative estimate of drug-likeness (QED) is 0.225. The van der Waals surface area contributed by atoms with Crippen LogP contribution in [0.15, 0.2) is 24.3 Å². The molecule has 1 aromatic carbocycles. The number of fused-ring (bicyclic) bond motifs is 2. The van der Waals surface area contributed by atoms with E-state index in [2.05, 4.69) is 35.3 Å². The van der Waals surface area contributed by atoms with Gasteiger partial charge in [0.15, 0.2) is 5.82 Å². The summed E-state index contributed by atoms with van der Waals surface area (Å²) in [7, 11) is 0. The van der Waals surface area contributed by atoms with Gasteiger partial charge in [-0.25, -0.2) is 4.79 Å². The van der Waals surface area contributed by atoms with Gasteiger partial charge in [0.25, 0.3) is 0 Å². The summed E-state index contributed by atoms with van der Waals surface area (Å²) >= 11 is 1.54. The number of piperazine rings is 1. The second kappa shape index (κ2) is 13.3. The van der Waals surface area contributed by atoms with Gasteiger partial charge in [0, 0.05) is 18.5 Å². The molecular weight excluding hydrogens is 526 g/mol. The highest BCUT2D eigenvalue weighted by Gasteiger charge is 2.47. The Bertz CT molecular complexity index is 1150. The summed E-state index contributed by atoms with van der Waals surface area (Å²) < 4.78 is 12.4. The molecule has 2 saturated heterocycles. The van der Waals surface area contributed by atoms with Gasteiger partial charge in [-0.2, -0.15) is 4.37 Å². The molecule has 0 bridgehead atoms. The number of benzene rings is 1. The van der Waals surface area contributed by atoms with Gasteiger partial charge in [-0.05, 0) is 55.8 Å². The predicted molar refractivity (Wildman–Crippen MR) is 157 cm³/mol. The monoisotopic (exact) mass is 570 g/mol. The largest absolute Gasteiger partial charge is 0.411 e. The molecule has 2 aliphatic heterocycles. The number of rotatable bonds is 12. The third-order valence-electron chi connectivity index (χ3n) is 9.06. The zero-order valence-electron chi connectivity index (χ0n) is 23.8. The van der Waals surface area contributed by atoms with E-state index in [-0.39, 0.29) is 29.7 Å². The van der Waals surface area contributed by atoms with Crippen LogP contribution < -0.4 is 10.2 Å². The number of imide groups is 1. The number of alkyl carbamates (subject to hydrolysis) is 1. The Morgan fingerprint density at radius 3 is 2.50 bits per heavy atom. The lowest BCUT2D eigenvalue weighted by Gasteiger charge is -2.44. The summed E-state index contributed by atoms with van der Waals surface area (Å²) in [4.78, 5) is 42.1. The molecule has 2 atom stereocenters. The fraction of sp³-hybridized carbons (Fsp3) is 0.667. The van der Waals surface area contributed by atoms with E-state index in [9.17, 15) is 14.4 Å². The first-order valence-electron chi connectivity index (χ1n) is 15.2. The molecule has 10 heteroatoms. The molecule has 1 aromatic heterocycles. The van der Waals surface area contributed by atoms with Crippen LogP contribution in [0.25, 0.3) is 10.1 Å². The van der Waals surface area contributed by atoms with E-state index < -0.39 is 0 Å². The van der Waals surface area contributed by atoms with E-state index in [0.29, 0.717) is 24.3 Å². The third kappa shape index (κ3) is 6.43. The van der Waals surface area contributed by atoms with E-state index in [4.69, 9.17) is 9.11 Å². The molecular formula is C30H44N5O4S+. The van der Waals surface area contributed by atoms with E-state index >= 15 is 0 Å². The van der Waals surface area contributed by atoms with Crippen molar-refractivity contribution in [1.29, 1.82) is 0 Å². The maximum atomic E-state index is 12.9. The lowest BCUT2D eigenvalue weighted by molar-refractivity contribution is -0.944. The SMILES string of the molecule is CCCCCNC(=O)OC[N+]1(CCCCN2C(=O)C3CCCCC3C2=O)CCN(c2nsc3ccccc23)CC1. The minimum absolute atomic E-state index is 0.0470. The van der Waals surface area contributed by atoms with Crippen LogP contribution in [0.3, 0.4) is 0 Å². The smallest absolute Gasteiger partial charge is 0.399 e. The summed E-state index contributed by atoms with van der Waals surface area (Å²) in [6, 6.07) is 8.35. The highest BCUT2D eigenvalue weighted by atomic mass is 32.1. The van der Waals surface area contributed by atoms with Gasteiger partial charge in [-0.1, -0.05) is 44.7 Å². The number of nitrogens with one attached hydrogen (secondary N) is 1. The summed E-state index contributed by atoms with van der Waals surface area (Å²) in [6.45, 7) is 7.82. The van der Waals surface area contributed by atoms with Gasteiger partial charge in [-0.15, -0.1) is 0 Å². The predicted octanol–water partition coefficient (Wildman–Crippen LogP) is 4.76. The second-order valence-electron chi connectivity index (χ2n) is 11.7. The number of aromatic nitrogens is 1. The van der Waals surface area contributed by atoms with Crippen molar-refractivity contribution in [2.45, 2.75) is 64.7 Å². The number of likely N-dealkylation sites (tertiary alicyclic amines) is 1. The normalized spacial score (nSPS) is 22.5. The highest BCUT2D eigenvalue weighted by Crippen LogP contribution is 2.38. The zero-order chi connectivity index (χ0) is 28.0. The molecule has 9 nitrogen and oxygen atoms in total. The lowest BCUT2D eigenvalue weighted by atomic mass is 9.81. The number of amides is 3. The van der Waals surface area contributed by atoms with Crippen molar-refractivity contribution in [2.75, 3.05) is 57.4 Å². The number of carbonyl (C=O) groups is 3. The molecule has 218 valence electrons. The summed E-state index contributed by atoms with van der Waals surface area (Å²) in [5.41, 5.74) is 0. The summed E-state index contributed by atoms with van der Waals surface area (Å²) in [5, 5.41) is 4.08. The van der Waals surface area contributed by atoms with Gasteiger partial charge >= 0.3 is 6.09 Å². The Labute approximate surface area is 241 Å². The van der Waals surface area contributed by atoms with E-state index in [1.54, 1.807) is 0 Å². The molecule has 1 aliphatic carbocycles. The van der Waals surface area contributed by atoms with E-state index in [0.717, 1.165) is 96.3 Å². The van der Waals surface area contributed by atoms with Gasteiger partial charge in [0.2, 0.25) is 18.5 Å². The van der Waals surface area contributed by atoms with Crippen molar-refractivity contribution in [1.82, 2.24) is 14.6 Å². The number of anilines is 1. The van der Waals surface area contributed by atoms with Gasteiger partial charge in [-0.3, -0.25) is 19.0 Å². The highest BCUT2D eigenvalue weighted by molar-refractivity contribution is 7.13. The first kappa shape index (κ1) is 28.8. The Morgan fingerprint density at radius 1 is 1.05 bits per heavy atom. The first-order valence-corrected chi connectivity index (χ1v) is 16.0. The number of hydrogen-bond donors (Lipinski definition) is 1. The Morgan fingerprint density at radius 2 is 1.77 bits per heavy atom. The van der Waals surface area contributed by atoms with Crippen LogP contribution in [0.1, 0.15) is 64.7 Å². The lowest BCUT2D eigenvalue weighted by Crippen LogP contribution is -2.61. The van der Waals surface area contributed by atoms with Crippen LogP contribution in [-0.2, 0) is 14.3 Å². The maximum Gasteiger partial charge on any atom is 0.411 e. The topological polar surface area (TPSA) is 91.8 Å². The molecule has 5 rings (SSSR count). The molecule has 1 saturated carbocycles. The molecule has 0 radical (unpaired) electrons.